The van der Waals surface area contributed by atoms with E-state index in [1.54, 1.807) is 0 Å². The Morgan fingerprint density at radius 1 is 1.24 bits per heavy atom. The van der Waals surface area contributed by atoms with Crippen molar-refractivity contribution in [3.8, 4) is 0 Å². The van der Waals surface area contributed by atoms with Crippen LogP contribution in [-0.4, -0.2) is 43.2 Å². The van der Waals surface area contributed by atoms with Gasteiger partial charge in [0.05, 0.1) is 0 Å². The van der Waals surface area contributed by atoms with Crippen LogP contribution >= 0.6 is 0 Å². The molecule has 1 amide bonds. The lowest BCUT2D eigenvalue weighted by Gasteiger charge is -2.35. The minimum Gasteiger partial charge on any atom is -0.368 e. The van der Waals surface area contributed by atoms with Crippen molar-refractivity contribution in [2.24, 2.45) is 11.7 Å². The molecule has 0 bridgehead atoms. The number of nitrogens with zero attached hydrogens (tertiary/aromatic N) is 1. The Morgan fingerprint density at radius 2 is 2.00 bits per heavy atom. The second-order valence-corrected chi connectivity index (χ2v) is 5.20. The molecule has 0 saturated carbocycles. The van der Waals surface area contributed by atoms with Gasteiger partial charge in [0.25, 0.3) is 5.91 Å². The number of nitrogens with two attached hydrogens (primary N) is 1. The Morgan fingerprint density at radius 3 is 2.59 bits per heavy atom. The van der Waals surface area contributed by atoms with E-state index in [4.69, 9.17) is 10.5 Å². The van der Waals surface area contributed by atoms with Crippen LogP contribution in [0.25, 0.3) is 0 Å². The topological polar surface area (TPSA) is 55.6 Å². The second kappa shape index (κ2) is 6.36. The van der Waals surface area contributed by atoms with E-state index in [2.05, 4.69) is 0 Å². The number of amides is 1. The lowest BCUT2D eigenvalue weighted by Crippen LogP contribution is -2.45. The third kappa shape index (κ3) is 3.42. The summed E-state index contributed by atoms with van der Waals surface area (Å²) in [5.74, 6) is 0.937. The van der Waals surface area contributed by atoms with E-state index in [0.717, 1.165) is 70.7 Å². The number of hydrogen-bond acceptors (Lipinski definition) is 3. The fourth-order valence-corrected chi connectivity index (χ4v) is 2.82. The van der Waals surface area contributed by atoms with Gasteiger partial charge in [0, 0.05) is 19.7 Å². The van der Waals surface area contributed by atoms with E-state index in [-0.39, 0.29) is 12.0 Å². The van der Waals surface area contributed by atoms with Crippen molar-refractivity contribution in [1.82, 2.24) is 4.90 Å². The van der Waals surface area contributed by atoms with Crippen molar-refractivity contribution in [3.63, 3.8) is 0 Å². The molecule has 0 aromatic rings. The molecule has 2 N–H and O–H groups in total. The fourth-order valence-electron chi connectivity index (χ4n) is 2.82. The Balaban J connectivity index is 1.77. The molecule has 0 aliphatic carbocycles. The van der Waals surface area contributed by atoms with Gasteiger partial charge in [-0.1, -0.05) is 0 Å². The molecule has 1 unspecified atom stereocenters. The summed E-state index contributed by atoms with van der Waals surface area (Å²) in [5.41, 5.74) is 5.57. The molecule has 17 heavy (non-hydrogen) atoms. The van der Waals surface area contributed by atoms with E-state index in [9.17, 15) is 4.79 Å². The molecule has 98 valence electrons. The van der Waals surface area contributed by atoms with Gasteiger partial charge in [0.15, 0.2) is 0 Å². The van der Waals surface area contributed by atoms with Gasteiger partial charge in [-0.2, -0.15) is 0 Å². The zero-order valence-corrected chi connectivity index (χ0v) is 10.6. The quantitative estimate of drug-likeness (QED) is 0.805. The van der Waals surface area contributed by atoms with Crippen LogP contribution in [0.4, 0.5) is 0 Å². The van der Waals surface area contributed by atoms with Gasteiger partial charge in [-0.3, -0.25) is 4.79 Å². The number of carbonyl (C=O) groups excluding carboxylic acids is 1. The molecule has 2 aliphatic heterocycles. The highest BCUT2D eigenvalue weighted by molar-refractivity contribution is 5.81. The normalized spacial score (nSPS) is 27.1. The van der Waals surface area contributed by atoms with Gasteiger partial charge >= 0.3 is 0 Å². The average molecular weight is 240 g/mol. The highest BCUT2D eigenvalue weighted by atomic mass is 16.5. The van der Waals surface area contributed by atoms with Gasteiger partial charge in [-0.05, 0) is 51.0 Å². The van der Waals surface area contributed by atoms with Gasteiger partial charge in [-0.15, -0.1) is 0 Å². The molecule has 2 rings (SSSR count). The summed E-state index contributed by atoms with van der Waals surface area (Å²) >= 11 is 0. The first-order valence-electron chi connectivity index (χ1n) is 6.91. The fraction of sp³-hybridized carbons (Fsp3) is 0.923. The molecule has 4 nitrogen and oxygen atoms in total. The highest BCUT2D eigenvalue weighted by Crippen LogP contribution is 2.22. The molecular weight excluding hydrogens is 216 g/mol. The Hall–Kier alpha value is -0.610. The average Bonchev–Trinajstić information content (AvgIpc) is 2.40. The lowest BCUT2D eigenvalue weighted by atomic mass is 9.93. The number of rotatable bonds is 3. The van der Waals surface area contributed by atoms with Crippen LogP contribution in [0.2, 0.25) is 0 Å². The summed E-state index contributed by atoms with van der Waals surface area (Å²) in [6.07, 6.45) is 6.28. The van der Waals surface area contributed by atoms with Crippen LogP contribution in [-0.2, 0) is 9.53 Å². The Bertz CT molecular complexity index is 244. The maximum atomic E-state index is 12.2. The van der Waals surface area contributed by atoms with Crippen LogP contribution in [0, 0.1) is 5.92 Å². The summed E-state index contributed by atoms with van der Waals surface area (Å²) in [5, 5.41) is 0. The molecule has 2 aliphatic rings. The summed E-state index contributed by atoms with van der Waals surface area (Å²) < 4.78 is 5.56. The highest BCUT2D eigenvalue weighted by Gasteiger charge is 2.29. The Kier molecular flexibility index (Phi) is 4.80. The summed E-state index contributed by atoms with van der Waals surface area (Å²) in [6, 6.07) is 0. The first kappa shape index (κ1) is 12.8. The van der Waals surface area contributed by atoms with Crippen molar-refractivity contribution in [1.29, 1.82) is 0 Å². The van der Waals surface area contributed by atoms with E-state index in [1.165, 1.54) is 0 Å². The molecule has 0 spiro atoms. The molecule has 4 heteroatoms. The third-order valence-electron chi connectivity index (χ3n) is 3.96. The first-order valence-corrected chi connectivity index (χ1v) is 6.91. The van der Waals surface area contributed by atoms with Crippen LogP contribution < -0.4 is 5.73 Å². The molecule has 2 saturated heterocycles. The summed E-state index contributed by atoms with van der Waals surface area (Å²) in [7, 11) is 0. The van der Waals surface area contributed by atoms with E-state index < -0.39 is 0 Å². The van der Waals surface area contributed by atoms with E-state index in [1.807, 2.05) is 4.90 Å². The van der Waals surface area contributed by atoms with Crippen molar-refractivity contribution in [2.45, 2.75) is 44.6 Å². The number of piperidine rings is 1. The summed E-state index contributed by atoms with van der Waals surface area (Å²) in [4.78, 5) is 14.2. The molecule has 0 radical (unpaired) electrons. The largest absolute Gasteiger partial charge is 0.368 e. The molecule has 2 heterocycles. The first-order chi connectivity index (χ1) is 8.31. The van der Waals surface area contributed by atoms with Gasteiger partial charge in [-0.25, -0.2) is 0 Å². The van der Waals surface area contributed by atoms with Crippen LogP contribution in [0.5, 0.6) is 0 Å². The predicted molar refractivity (Wildman–Crippen MR) is 66.6 cm³/mol. The standard InChI is InChI=1S/C13H24N2O2/c14-7-4-11-5-8-15(9-6-11)13(16)12-3-1-2-10-17-12/h11-12H,1-10,14H2. The summed E-state index contributed by atoms with van der Waals surface area (Å²) in [6.45, 7) is 3.30. The SMILES string of the molecule is NCCC1CCN(C(=O)C2CCCCO2)CC1. The number of ether oxygens (including phenoxy) is 1. The van der Waals surface area contributed by atoms with Crippen LogP contribution in [0.3, 0.4) is 0 Å². The number of hydrogen-bond donors (Lipinski definition) is 1. The smallest absolute Gasteiger partial charge is 0.251 e. The zero-order valence-electron chi connectivity index (χ0n) is 10.6. The van der Waals surface area contributed by atoms with Gasteiger partial charge in [0.1, 0.15) is 6.10 Å². The third-order valence-corrected chi connectivity index (χ3v) is 3.96. The van der Waals surface area contributed by atoms with E-state index in [0.29, 0.717) is 0 Å². The lowest BCUT2D eigenvalue weighted by molar-refractivity contribution is -0.147. The van der Waals surface area contributed by atoms with E-state index >= 15 is 0 Å². The predicted octanol–water partition coefficient (Wildman–Crippen LogP) is 1.14. The van der Waals surface area contributed by atoms with Gasteiger partial charge < -0.3 is 15.4 Å². The monoisotopic (exact) mass is 240 g/mol. The maximum absolute atomic E-state index is 12.2. The number of carbonyl (C=O) groups is 1. The molecule has 0 aromatic heterocycles. The molecule has 1 atom stereocenters. The van der Waals surface area contributed by atoms with Crippen molar-refractivity contribution in [2.75, 3.05) is 26.2 Å². The number of likely N-dealkylation sites (tertiary alicyclic amines) is 1. The molecular formula is C13H24N2O2. The minimum absolute atomic E-state index is 0.158. The molecule has 0 aromatic carbocycles. The van der Waals surface area contributed by atoms with Crippen molar-refractivity contribution < 1.29 is 9.53 Å². The minimum atomic E-state index is -0.158. The van der Waals surface area contributed by atoms with Crippen molar-refractivity contribution in [3.05, 3.63) is 0 Å². The van der Waals surface area contributed by atoms with Crippen LogP contribution in [0.15, 0.2) is 0 Å². The zero-order chi connectivity index (χ0) is 12.1. The second-order valence-electron chi connectivity index (χ2n) is 5.20. The van der Waals surface area contributed by atoms with Gasteiger partial charge in [0.2, 0.25) is 0 Å². The van der Waals surface area contributed by atoms with Crippen molar-refractivity contribution >= 4 is 5.91 Å². The van der Waals surface area contributed by atoms with Crippen LogP contribution in [0.1, 0.15) is 38.5 Å². The maximum Gasteiger partial charge on any atom is 0.251 e. The Labute approximate surface area is 103 Å². The molecule has 2 fully saturated rings.